The summed E-state index contributed by atoms with van der Waals surface area (Å²) in [4.78, 5) is 25.9. The highest BCUT2D eigenvalue weighted by molar-refractivity contribution is 9.10. The van der Waals surface area contributed by atoms with Gasteiger partial charge in [-0.05, 0) is 25.1 Å². The summed E-state index contributed by atoms with van der Waals surface area (Å²) < 4.78 is 0.814. The number of carbonyl (C=O) groups excluding carboxylic acids is 2. The minimum absolute atomic E-state index is 0.168. The highest BCUT2D eigenvalue weighted by atomic mass is 79.9. The SMILES string of the molecule is C=CCN(CC=C)C(=O)C(C)NC(=O)c1cccc(Br)c1. The van der Waals surface area contributed by atoms with Gasteiger partial charge in [0.25, 0.3) is 5.91 Å². The second-order valence-electron chi connectivity index (χ2n) is 4.53. The lowest BCUT2D eigenvalue weighted by atomic mass is 10.2. The summed E-state index contributed by atoms with van der Waals surface area (Å²) in [5.41, 5.74) is 0.503. The van der Waals surface area contributed by atoms with Crippen LogP contribution in [0.25, 0.3) is 0 Å². The number of hydrogen-bond acceptors (Lipinski definition) is 2. The van der Waals surface area contributed by atoms with Crippen molar-refractivity contribution in [1.29, 1.82) is 0 Å². The van der Waals surface area contributed by atoms with E-state index in [2.05, 4.69) is 34.4 Å². The average Bonchev–Trinajstić information content (AvgIpc) is 2.46. The van der Waals surface area contributed by atoms with Crippen LogP contribution < -0.4 is 5.32 Å². The van der Waals surface area contributed by atoms with Gasteiger partial charge in [0.15, 0.2) is 0 Å². The lowest BCUT2D eigenvalue weighted by Gasteiger charge is -2.23. The van der Waals surface area contributed by atoms with Crippen LogP contribution in [0.4, 0.5) is 0 Å². The number of benzene rings is 1. The van der Waals surface area contributed by atoms with Gasteiger partial charge in [-0.3, -0.25) is 9.59 Å². The third-order valence-corrected chi connectivity index (χ3v) is 3.31. The molecule has 0 bridgehead atoms. The predicted molar refractivity (Wildman–Crippen MR) is 88.0 cm³/mol. The Balaban J connectivity index is 2.72. The summed E-state index contributed by atoms with van der Waals surface area (Å²) in [6, 6.07) is 6.39. The van der Waals surface area contributed by atoms with E-state index in [1.54, 1.807) is 42.2 Å². The van der Waals surface area contributed by atoms with E-state index in [9.17, 15) is 9.59 Å². The molecule has 4 nitrogen and oxygen atoms in total. The van der Waals surface area contributed by atoms with Gasteiger partial charge < -0.3 is 10.2 Å². The van der Waals surface area contributed by atoms with Crippen molar-refractivity contribution in [2.75, 3.05) is 13.1 Å². The molecule has 0 spiro atoms. The van der Waals surface area contributed by atoms with E-state index < -0.39 is 6.04 Å². The molecule has 1 unspecified atom stereocenters. The monoisotopic (exact) mass is 350 g/mol. The van der Waals surface area contributed by atoms with Gasteiger partial charge in [0.05, 0.1) is 0 Å². The topological polar surface area (TPSA) is 49.4 Å². The lowest BCUT2D eigenvalue weighted by molar-refractivity contribution is -0.131. The number of carbonyl (C=O) groups is 2. The van der Waals surface area contributed by atoms with Crippen molar-refractivity contribution in [3.05, 3.63) is 59.6 Å². The minimum Gasteiger partial charge on any atom is -0.341 e. The van der Waals surface area contributed by atoms with E-state index >= 15 is 0 Å². The molecule has 1 aromatic carbocycles. The van der Waals surface area contributed by atoms with Crippen molar-refractivity contribution < 1.29 is 9.59 Å². The zero-order chi connectivity index (χ0) is 15.8. The van der Waals surface area contributed by atoms with Gasteiger partial charge in [-0.25, -0.2) is 0 Å². The van der Waals surface area contributed by atoms with Crippen LogP contribution in [-0.4, -0.2) is 35.8 Å². The lowest BCUT2D eigenvalue weighted by Crippen LogP contribution is -2.47. The van der Waals surface area contributed by atoms with Crippen molar-refractivity contribution in [1.82, 2.24) is 10.2 Å². The normalized spacial score (nSPS) is 11.3. The molecule has 1 N–H and O–H groups in total. The molecular weight excluding hydrogens is 332 g/mol. The molecule has 0 saturated carbocycles. The molecular formula is C16H19BrN2O2. The molecule has 1 rings (SSSR count). The summed E-state index contributed by atoms with van der Waals surface area (Å²) in [7, 11) is 0. The maximum atomic E-state index is 12.3. The first-order chi connectivity index (χ1) is 9.99. The van der Waals surface area contributed by atoms with Crippen LogP contribution in [0.1, 0.15) is 17.3 Å². The van der Waals surface area contributed by atoms with Crippen molar-refractivity contribution in [3.63, 3.8) is 0 Å². The van der Waals surface area contributed by atoms with Gasteiger partial charge in [-0.2, -0.15) is 0 Å². The fraction of sp³-hybridized carbons (Fsp3) is 0.250. The summed E-state index contributed by atoms with van der Waals surface area (Å²) in [6.07, 6.45) is 3.29. The van der Waals surface area contributed by atoms with Crippen LogP contribution in [0.3, 0.4) is 0 Å². The number of rotatable bonds is 7. The molecule has 0 fully saturated rings. The van der Waals surface area contributed by atoms with E-state index in [0.717, 1.165) is 4.47 Å². The first-order valence-corrected chi connectivity index (χ1v) is 7.36. The van der Waals surface area contributed by atoms with Crippen LogP contribution in [0, 0.1) is 0 Å². The maximum Gasteiger partial charge on any atom is 0.251 e. The fourth-order valence-electron chi connectivity index (χ4n) is 1.81. The Morgan fingerprint density at radius 2 is 1.95 bits per heavy atom. The predicted octanol–water partition coefficient (Wildman–Crippen LogP) is 2.77. The second-order valence-corrected chi connectivity index (χ2v) is 5.44. The fourth-order valence-corrected chi connectivity index (χ4v) is 2.21. The molecule has 0 saturated heterocycles. The third-order valence-electron chi connectivity index (χ3n) is 2.82. The molecule has 112 valence electrons. The van der Waals surface area contributed by atoms with Gasteiger partial charge in [0.1, 0.15) is 6.04 Å². The van der Waals surface area contributed by atoms with E-state index in [4.69, 9.17) is 0 Å². The molecule has 21 heavy (non-hydrogen) atoms. The smallest absolute Gasteiger partial charge is 0.251 e. The Morgan fingerprint density at radius 1 is 1.33 bits per heavy atom. The van der Waals surface area contributed by atoms with E-state index in [1.165, 1.54) is 0 Å². The zero-order valence-electron chi connectivity index (χ0n) is 12.0. The van der Waals surface area contributed by atoms with Crippen LogP contribution in [0.5, 0.6) is 0 Å². The molecule has 0 heterocycles. The summed E-state index contributed by atoms with van der Waals surface area (Å²) in [5, 5.41) is 2.70. The Bertz CT molecular complexity index is 533. The van der Waals surface area contributed by atoms with E-state index in [0.29, 0.717) is 18.7 Å². The molecule has 0 aromatic heterocycles. The Kier molecular flexibility index (Phi) is 6.88. The van der Waals surface area contributed by atoms with Crippen LogP contribution in [-0.2, 0) is 4.79 Å². The van der Waals surface area contributed by atoms with E-state index in [-0.39, 0.29) is 11.8 Å². The number of hydrogen-bond donors (Lipinski definition) is 1. The molecule has 2 amide bonds. The number of amides is 2. The van der Waals surface area contributed by atoms with E-state index in [1.807, 2.05) is 6.07 Å². The Morgan fingerprint density at radius 3 is 2.48 bits per heavy atom. The van der Waals surface area contributed by atoms with Gasteiger partial charge in [-0.15, -0.1) is 13.2 Å². The Labute approximate surface area is 133 Å². The Hall–Kier alpha value is -1.88. The highest BCUT2D eigenvalue weighted by Gasteiger charge is 2.21. The van der Waals surface area contributed by atoms with Crippen LogP contribution in [0.2, 0.25) is 0 Å². The second kappa shape index (κ2) is 8.42. The molecule has 0 aliphatic carbocycles. The molecule has 0 aliphatic heterocycles. The van der Waals surface area contributed by atoms with Crippen LogP contribution in [0.15, 0.2) is 54.0 Å². The molecule has 5 heteroatoms. The average molecular weight is 351 g/mol. The van der Waals surface area contributed by atoms with Gasteiger partial charge in [0.2, 0.25) is 5.91 Å². The summed E-state index contributed by atoms with van der Waals surface area (Å²) >= 11 is 3.31. The molecule has 0 aliphatic rings. The molecule has 0 radical (unpaired) electrons. The largest absolute Gasteiger partial charge is 0.341 e. The zero-order valence-corrected chi connectivity index (χ0v) is 13.6. The number of nitrogens with one attached hydrogen (secondary N) is 1. The molecule has 1 aromatic rings. The first kappa shape index (κ1) is 17.2. The van der Waals surface area contributed by atoms with Crippen molar-refractivity contribution in [3.8, 4) is 0 Å². The summed E-state index contributed by atoms with van der Waals surface area (Å²) in [5.74, 6) is -0.451. The first-order valence-electron chi connectivity index (χ1n) is 6.56. The van der Waals surface area contributed by atoms with Gasteiger partial charge in [-0.1, -0.05) is 34.1 Å². The summed E-state index contributed by atoms with van der Waals surface area (Å²) in [6.45, 7) is 9.75. The minimum atomic E-state index is -0.614. The number of nitrogens with zero attached hydrogens (tertiary/aromatic N) is 1. The van der Waals surface area contributed by atoms with Crippen molar-refractivity contribution in [2.45, 2.75) is 13.0 Å². The number of halogens is 1. The maximum absolute atomic E-state index is 12.3. The molecule has 1 atom stereocenters. The van der Waals surface area contributed by atoms with Crippen LogP contribution >= 0.6 is 15.9 Å². The third kappa shape index (κ3) is 5.19. The quantitative estimate of drug-likeness (QED) is 0.768. The van der Waals surface area contributed by atoms with Crippen molar-refractivity contribution >= 4 is 27.7 Å². The standard InChI is InChI=1S/C16H19BrN2O2/c1-4-9-19(10-5-2)16(21)12(3)18-15(20)13-7-6-8-14(17)11-13/h4-8,11-12H,1-2,9-10H2,3H3,(H,18,20). The van der Waals surface area contributed by atoms with Crippen molar-refractivity contribution in [2.24, 2.45) is 0 Å². The highest BCUT2D eigenvalue weighted by Crippen LogP contribution is 2.11. The van der Waals surface area contributed by atoms with Gasteiger partial charge in [0, 0.05) is 23.1 Å². The van der Waals surface area contributed by atoms with Gasteiger partial charge >= 0.3 is 0 Å².